The van der Waals surface area contributed by atoms with Gasteiger partial charge in [-0.3, -0.25) is 0 Å². The van der Waals surface area contributed by atoms with E-state index >= 15 is 0 Å². The van der Waals surface area contributed by atoms with Gasteiger partial charge in [0.2, 0.25) is 0 Å². The Kier molecular flexibility index (Phi) is 3.74. The molecule has 80 valence electrons. The summed E-state index contributed by atoms with van der Waals surface area (Å²) >= 11 is 3.44. The van der Waals surface area contributed by atoms with Crippen molar-refractivity contribution in [2.45, 2.75) is 24.8 Å². The number of hydrogen-bond acceptors (Lipinski definition) is 5. The topological polar surface area (TPSA) is 54.5 Å². The van der Waals surface area contributed by atoms with Crippen molar-refractivity contribution >= 4 is 23.1 Å². The number of hydrogen-bond donors (Lipinski definition) is 1. The molecule has 0 saturated carbocycles. The highest BCUT2D eigenvalue weighted by molar-refractivity contribution is 7.99. The predicted octanol–water partition coefficient (Wildman–Crippen LogP) is 2.29. The van der Waals surface area contributed by atoms with Gasteiger partial charge >= 0.3 is 0 Å². The Morgan fingerprint density at radius 2 is 2.47 bits per heavy atom. The zero-order valence-electron chi connectivity index (χ0n) is 8.43. The van der Waals surface area contributed by atoms with Crippen LogP contribution in [0, 0.1) is 6.92 Å². The van der Waals surface area contributed by atoms with E-state index in [4.69, 9.17) is 0 Å². The molecule has 0 aliphatic rings. The van der Waals surface area contributed by atoms with Gasteiger partial charge in [-0.15, -0.1) is 28.2 Å². The number of aryl methyl sites for hydroxylation is 2. The Hall–Kier alpha value is -0.880. The number of thiazole rings is 1. The molecule has 0 bridgehead atoms. The lowest BCUT2D eigenvalue weighted by Gasteiger charge is -1.95. The van der Waals surface area contributed by atoms with Crippen LogP contribution in [0.1, 0.15) is 17.1 Å². The van der Waals surface area contributed by atoms with Crippen molar-refractivity contribution in [3.05, 3.63) is 22.3 Å². The van der Waals surface area contributed by atoms with Crippen molar-refractivity contribution in [3.63, 3.8) is 0 Å². The number of aromatic amines is 1. The molecule has 0 radical (unpaired) electrons. The van der Waals surface area contributed by atoms with E-state index in [0.29, 0.717) is 0 Å². The highest BCUT2D eigenvalue weighted by Gasteiger charge is 2.00. The fraction of sp³-hybridized carbons (Fsp3) is 0.444. The molecular weight excluding hydrogens is 228 g/mol. The van der Waals surface area contributed by atoms with Crippen LogP contribution >= 0.6 is 23.1 Å². The second-order valence-corrected chi connectivity index (χ2v) is 5.30. The highest BCUT2D eigenvalue weighted by Crippen LogP contribution is 2.16. The van der Waals surface area contributed by atoms with Gasteiger partial charge in [0.25, 0.3) is 0 Å². The monoisotopic (exact) mass is 240 g/mol. The fourth-order valence-electron chi connectivity index (χ4n) is 1.21. The standard InChI is InChI=1S/C9H12N4S2/c1-7-11-8(6-15-7)3-2-4-14-9-5-10-13-12-9/h5-6H,2-4H2,1H3,(H,10,12,13). The van der Waals surface area contributed by atoms with Gasteiger partial charge in [-0.2, -0.15) is 10.3 Å². The van der Waals surface area contributed by atoms with Gasteiger partial charge in [0.1, 0.15) is 5.03 Å². The number of nitrogens with one attached hydrogen (secondary N) is 1. The Bertz CT molecular complexity index is 396. The molecule has 2 rings (SSSR count). The molecule has 1 N–H and O–H groups in total. The molecule has 0 saturated heterocycles. The Labute approximate surface area is 96.5 Å². The second-order valence-electron chi connectivity index (χ2n) is 3.12. The molecule has 2 aromatic rings. The smallest absolute Gasteiger partial charge is 0.138 e. The molecule has 15 heavy (non-hydrogen) atoms. The summed E-state index contributed by atoms with van der Waals surface area (Å²) in [4.78, 5) is 4.42. The fourth-order valence-corrected chi connectivity index (χ4v) is 2.59. The maximum atomic E-state index is 4.42. The van der Waals surface area contributed by atoms with Crippen LogP contribution in [0.2, 0.25) is 0 Å². The van der Waals surface area contributed by atoms with E-state index in [9.17, 15) is 0 Å². The van der Waals surface area contributed by atoms with Crippen LogP contribution in [-0.4, -0.2) is 26.1 Å². The van der Waals surface area contributed by atoms with Crippen molar-refractivity contribution in [1.29, 1.82) is 0 Å². The van der Waals surface area contributed by atoms with E-state index in [1.54, 1.807) is 29.3 Å². The lowest BCUT2D eigenvalue weighted by atomic mass is 10.3. The molecule has 0 aliphatic carbocycles. The third-order valence-electron chi connectivity index (χ3n) is 1.89. The Morgan fingerprint density at radius 1 is 1.53 bits per heavy atom. The van der Waals surface area contributed by atoms with E-state index in [1.165, 1.54) is 5.69 Å². The molecule has 0 spiro atoms. The normalized spacial score (nSPS) is 10.7. The van der Waals surface area contributed by atoms with Gasteiger partial charge in [-0.05, 0) is 25.5 Å². The van der Waals surface area contributed by atoms with Crippen LogP contribution in [0.25, 0.3) is 0 Å². The minimum absolute atomic E-state index is 0.962. The van der Waals surface area contributed by atoms with Crippen LogP contribution < -0.4 is 0 Å². The SMILES string of the molecule is Cc1nc(CCCSc2cn[nH]n2)cs1. The first-order valence-corrected chi connectivity index (χ1v) is 6.61. The number of nitrogens with zero attached hydrogens (tertiary/aromatic N) is 3. The van der Waals surface area contributed by atoms with Gasteiger partial charge in [0, 0.05) is 5.38 Å². The molecule has 2 aromatic heterocycles. The first-order valence-electron chi connectivity index (χ1n) is 4.74. The molecule has 0 atom stereocenters. The molecule has 0 aliphatic heterocycles. The quantitative estimate of drug-likeness (QED) is 0.643. The average molecular weight is 240 g/mol. The summed E-state index contributed by atoms with van der Waals surface area (Å²) < 4.78 is 0. The van der Waals surface area contributed by atoms with E-state index in [-0.39, 0.29) is 0 Å². The van der Waals surface area contributed by atoms with Crippen molar-refractivity contribution in [2.75, 3.05) is 5.75 Å². The molecule has 0 amide bonds. The predicted molar refractivity (Wildman–Crippen MR) is 62.3 cm³/mol. The van der Waals surface area contributed by atoms with Gasteiger partial charge in [-0.1, -0.05) is 0 Å². The van der Waals surface area contributed by atoms with Gasteiger partial charge in [-0.25, -0.2) is 4.98 Å². The summed E-state index contributed by atoms with van der Waals surface area (Å²) in [6, 6.07) is 0. The average Bonchev–Trinajstić information content (AvgIpc) is 2.84. The van der Waals surface area contributed by atoms with Crippen LogP contribution in [0.15, 0.2) is 16.6 Å². The third kappa shape index (κ3) is 3.32. The lowest BCUT2D eigenvalue weighted by molar-refractivity contribution is 0.890. The summed E-state index contributed by atoms with van der Waals surface area (Å²) in [6.07, 6.45) is 3.92. The zero-order valence-corrected chi connectivity index (χ0v) is 10.1. The zero-order chi connectivity index (χ0) is 10.5. The number of H-pyrrole nitrogens is 1. The van der Waals surface area contributed by atoms with Crippen LogP contribution in [-0.2, 0) is 6.42 Å². The maximum absolute atomic E-state index is 4.42. The Balaban J connectivity index is 1.67. The van der Waals surface area contributed by atoms with Crippen molar-refractivity contribution in [2.24, 2.45) is 0 Å². The second kappa shape index (κ2) is 5.27. The number of aromatic nitrogens is 4. The number of thioether (sulfide) groups is 1. The highest BCUT2D eigenvalue weighted by atomic mass is 32.2. The molecule has 6 heteroatoms. The van der Waals surface area contributed by atoms with E-state index in [2.05, 4.69) is 25.8 Å². The van der Waals surface area contributed by atoms with Gasteiger partial charge in [0.15, 0.2) is 0 Å². The third-order valence-corrected chi connectivity index (χ3v) is 3.69. The maximum Gasteiger partial charge on any atom is 0.138 e. The first kappa shape index (κ1) is 10.6. The lowest BCUT2D eigenvalue weighted by Crippen LogP contribution is -1.88. The van der Waals surface area contributed by atoms with Crippen LogP contribution in [0.5, 0.6) is 0 Å². The van der Waals surface area contributed by atoms with Gasteiger partial charge in [0.05, 0.1) is 16.9 Å². The Morgan fingerprint density at radius 3 is 3.13 bits per heavy atom. The molecular formula is C9H12N4S2. The van der Waals surface area contributed by atoms with E-state index < -0.39 is 0 Å². The minimum Gasteiger partial charge on any atom is -0.247 e. The van der Waals surface area contributed by atoms with E-state index in [0.717, 1.165) is 28.6 Å². The minimum atomic E-state index is 0.962. The van der Waals surface area contributed by atoms with Gasteiger partial charge < -0.3 is 0 Å². The largest absolute Gasteiger partial charge is 0.247 e. The van der Waals surface area contributed by atoms with Crippen molar-refractivity contribution < 1.29 is 0 Å². The van der Waals surface area contributed by atoms with Crippen molar-refractivity contribution in [1.82, 2.24) is 20.4 Å². The molecule has 0 fully saturated rings. The number of rotatable bonds is 5. The first-order chi connectivity index (χ1) is 7.34. The summed E-state index contributed by atoms with van der Waals surface area (Å²) in [5.41, 5.74) is 1.21. The molecule has 0 unspecified atom stereocenters. The summed E-state index contributed by atoms with van der Waals surface area (Å²) in [5.74, 6) is 1.06. The van der Waals surface area contributed by atoms with E-state index in [1.807, 2.05) is 6.92 Å². The van der Waals surface area contributed by atoms with Crippen LogP contribution in [0.3, 0.4) is 0 Å². The molecule has 4 nitrogen and oxygen atoms in total. The summed E-state index contributed by atoms with van der Waals surface area (Å²) in [6.45, 7) is 2.04. The molecule has 2 heterocycles. The summed E-state index contributed by atoms with van der Waals surface area (Å²) in [5, 5.41) is 14.6. The van der Waals surface area contributed by atoms with Crippen molar-refractivity contribution in [3.8, 4) is 0 Å². The molecule has 0 aromatic carbocycles. The van der Waals surface area contributed by atoms with Crippen LogP contribution in [0.4, 0.5) is 0 Å². The summed E-state index contributed by atoms with van der Waals surface area (Å²) in [7, 11) is 0.